The Morgan fingerprint density at radius 2 is 0.295 bits per heavy atom. The molecule has 0 saturated carbocycles. The topological polar surface area (TPSA) is 318 Å². The average molecular weight is 2020 g/mol. The number of thiazole rings is 4. The second-order valence-corrected chi connectivity index (χ2v) is 32.2. The minimum Gasteiger partial charge on any atom is -0.507 e. The molecule has 0 fully saturated rings. The van der Waals surface area contributed by atoms with E-state index < -0.39 is 0 Å². The van der Waals surface area contributed by atoms with Crippen molar-refractivity contribution in [3.05, 3.63) is 388 Å². The summed E-state index contributed by atoms with van der Waals surface area (Å²) in [5.41, 5.74) is 15.6. The molecule has 28 heteroatoms. The number of phenols is 8. The maximum atomic E-state index is 9.76. The molecule has 24 rings (SSSR count). The third-order valence-corrected chi connectivity index (χ3v) is 23.7. The summed E-state index contributed by atoms with van der Waals surface area (Å²) in [7, 11) is 0. The summed E-state index contributed by atoms with van der Waals surface area (Å²) in [6.45, 7) is 0. The maximum Gasteiger partial charge on any atom is 0.231 e. The van der Waals surface area contributed by atoms with E-state index in [9.17, 15) is 40.9 Å². The molecule has 132 heavy (non-hydrogen) atoms. The first-order valence-electron chi connectivity index (χ1n) is 39.9. The zero-order valence-electron chi connectivity index (χ0n) is 70.2. The molecule has 0 atom stereocenters. The molecule has 8 N–H and O–H groups in total. The molecule has 0 aliphatic carbocycles. The third kappa shape index (κ3) is 23.0. The van der Waals surface area contributed by atoms with Gasteiger partial charge in [0.1, 0.15) is 88.1 Å². The van der Waals surface area contributed by atoms with Crippen molar-refractivity contribution in [2.45, 2.75) is 0 Å². The van der Waals surface area contributed by atoms with Crippen LogP contribution in [0.4, 0.5) is 0 Å². The Kier molecular flexibility index (Phi) is 32.8. The number of fused-ring (bicyclic) bond motifs is 8. The molecule has 0 bridgehead atoms. The van der Waals surface area contributed by atoms with E-state index >= 15 is 0 Å². The number of oxazole rings is 4. The molecule has 8 heterocycles. The van der Waals surface area contributed by atoms with Crippen molar-refractivity contribution in [2.75, 3.05) is 0 Å². The minimum atomic E-state index is 0. The molecule has 0 radical (unpaired) electrons. The molecule has 0 aliphatic rings. The molecule has 24 aromatic rings. The van der Waals surface area contributed by atoms with Crippen LogP contribution in [0.5, 0.6) is 46.0 Å². The summed E-state index contributed by atoms with van der Waals surface area (Å²) >= 11 is 6.37. The molecule has 8 aromatic heterocycles. The summed E-state index contributed by atoms with van der Waals surface area (Å²) in [4.78, 5) is 35.3. The van der Waals surface area contributed by atoms with Gasteiger partial charge in [-0.15, -0.1) is 45.3 Å². The second-order valence-electron chi connectivity index (χ2n) is 28.0. The minimum absolute atomic E-state index is 0. The van der Waals surface area contributed by atoms with Crippen LogP contribution in [0, 0.1) is 0 Å². The smallest absolute Gasteiger partial charge is 0.231 e. The molecular formula is C104H72N8O12S4Zn4. The van der Waals surface area contributed by atoms with Crippen LogP contribution in [0.3, 0.4) is 0 Å². The van der Waals surface area contributed by atoms with Crippen molar-refractivity contribution in [3.8, 4) is 134 Å². The average Bonchev–Trinajstić information content (AvgIpc) is 1.80. The fraction of sp³-hybridized carbons (Fsp3) is 0. The van der Waals surface area contributed by atoms with Gasteiger partial charge in [-0.3, -0.25) is 0 Å². The summed E-state index contributed by atoms with van der Waals surface area (Å²) in [5, 5.41) is 81.2. The van der Waals surface area contributed by atoms with E-state index in [0.717, 1.165) is 128 Å². The molecule has 0 aliphatic heterocycles. The number of nitrogens with zero attached hydrogens (tertiary/aromatic N) is 8. The van der Waals surface area contributed by atoms with E-state index in [0.29, 0.717) is 45.8 Å². The Morgan fingerprint density at radius 1 is 0.152 bits per heavy atom. The maximum absolute atomic E-state index is 9.76. The van der Waals surface area contributed by atoms with Crippen LogP contribution in [0.1, 0.15) is 0 Å². The number of benzene rings is 16. The zero-order valence-corrected chi connectivity index (χ0v) is 85.3. The van der Waals surface area contributed by atoms with Crippen LogP contribution < -0.4 is 0 Å². The standard InChI is InChI=1S/4C13H9NO2.4C13H9NOS.4Zn/c8*15-11-7-3-1-5-9(11)13-14-10-6-2-4-8-12(10)16-13;;;;/h8*1-8,15H;;;;. The summed E-state index contributed by atoms with van der Waals surface area (Å²) in [5.74, 6) is 3.59. The number of phenolic OH excluding ortho intramolecular Hbond substituents is 8. The normalized spacial score (nSPS) is 10.4. The number of para-hydroxylation sites is 20. The summed E-state index contributed by atoms with van der Waals surface area (Å²) < 4.78 is 26.8. The van der Waals surface area contributed by atoms with Gasteiger partial charge in [-0.2, -0.15) is 0 Å². The Hall–Kier alpha value is -14.1. The van der Waals surface area contributed by atoms with Crippen molar-refractivity contribution in [2.24, 2.45) is 0 Å². The van der Waals surface area contributed by atoms with Gasteiger partial charge in [0, 0.05) is 77.9 Å². The van der Waals surface area contributed by atoms with Crippen molar-refractivity contribution in [1.29, 1.82) is 0 Å². The van der Waals surface area contributed by atoms with Gasteiger partial charge in [-0.25, -0.2) is 39.9 Å². The van der Waals surface area contributed by atoms with Crippen LogP contribution in [0.2, 0.25) is 0 Å². The van der Waals surface area contributed by atoms with E-state index in [1.165, 1.54) is 0 Å². The second kappa shape index (κ2) is 45.4. The zero-order chi connectivity index (χ0) is 87.7. The monoisotopic (exact) mass is 2010 g/mol. The molecular weight excluding hydrogens is 1940 g/mol. The third-order valence-electron chi connectivity index (χ3n) is 19.4. The Labute approximate surface area is 821 Å². The first kappa shape index (κ1) is 95.4. The van der Waals surface area contributed by atoms with E-state index in [4.69, 9.17) is 17.7 Å². The molecule has 632 valence electrons. The van der Waals surface area contributed by atoms with Crippen molar-refractivity contribution < 1.29 is 136 Å². The first-order valence-corrected chi connectivity index (χ1v) is 43.1. The van der Waals surface area contributed by atoms with Gasteiger partial charge in [0.15, 0.2) is 22.3 Å². The van der Waals surface area contributed by atoms with E-state index in [1.807, 2.05) is 291 Å². The number of hydrogen-bond donors (Lipinski definition) is 8. The van der Waals surface area contributed by atoms with E-state index in [-0.39, 0.29) is 124 Å². The fourth-order valence-electron chi connectivity index (χ4n) is 13.1. The molecule has 20 nitrogen and oxygen atoms in total. The molecule has 0 unspecified atom stereocenters. The number of rotatable bonds is 8. The number of aromatic hydroxyl groups is 8. The van der Waals surface area contributed by atoms with Gasteiger partial charge in [-0.1, -0.05) is 194 Å². The van der Waals surface area contributed by atoms with Crippen molar-refractivity contribution >= 4 is 131 Å². The molecule has 0 spiro atoms. The molecule has 0 saturated heterocycles. The predicted octanol–water partition coefficient (Wildman–Crippen LogP) is 27.5. The fourth-order valence-corrected chi connectivity index (χ4v) is 17.1. The van der Waals surface area contributed by atoms with Crippen LogP contribution in [-0.4, -0.2) is 80.7 Å². The SMILES string of the molecule is Oc1ccccc1-c1nc2ccccc2o1.Oc1ccccc1-c1nc2ccccc2o1.Oc1ccccc1-c1nc2ccccc2o1.Oc1ccccc1-c1nc2ccccc2o1.Oc1ccccc1-c1nc2ccccc2s1.Oc1ccccc1-c1nc2ccccc2s1.Oc1ccccc1-c1nc2ccccc2s1.Oc1ccccc1-c1nc2ccccc2s1.[Zn].[Zn].[Zn].[Zn]. The largest absolute Gasteiger partial charge is 0.507 e. The number of hydrogen-bond acceptors (Lipinski definition) is 24. The van der Waals surface area contributed by atoms with Gasteiger partial charge in [0.05, 0.1) is 85.4 Å². The predicted molar refractivity (Wildman–Crippen MR) is 511 cm³/mol. The van der Waals surface area contributed by atoms with Crippen molar-refractivity contribution in [1.82, 2.24) is 39.9 Å². The van der Waals surface area contributed by atoms with Gasteiger partial charge < -0.3 is 58.5 Å². The van der Waals surface area contributed by atoms with Gasteiger partial charge >= 0.3 is 0 Å². The molecule has 0 amide bonds. The van der Waals surface area contributed by atoms with Crippen molar-refractivity contribution in [3.63, 3.8) is 0 Å². The summed E-state index contributed by atoms with van der Waals surface area (Å²) in [6, 6.07) is 119. The summed E-state index contributed by atoms with van der Waals surface area (Å²) in [6.07, 6.45) is 0. The van der Waals surface area contributed by atoms with Crippen LogP contribution in [0.25, 0.3) is 173 Å². The Bertz CT molecular complexity index is 6300. The van der Waals surface area contributed by atoms with Gasteiger partial charge in [0.25, 0.3) is 0 Å². The van der Waals surface area contributed by atoms with Crippen LogP contribution >= 0.6 is 45.3 Å². The number of aromatic nitrogens is 8. The molecule has 16 aromatic carbocycles. The van der Waals surface area contributed by atoms with Gasteiger partial charge in [-0.05, 0) is 194 Å². The van der Waals surface area contributed by atoms with Crippen LogP contribution in [0.15, 0.2) is 406 Å². The van der Waals surface area contributed by atoms with Gasteiger partial charge in [0.2, 0.25) is 23.6 Å². The van der Waals surface area contributed by atoms with E-state index in [2.05, 4.69) is 39.9 Å². The quantitative estimate of drug-likeness (QED) is 0.0655. The first-order chi connectivity index (χ1) is 62.7. The Morgan fingerprint density at radius 3 is 0.462 bits per heavy atom. The van der Waals surface area contributed by atoms with Crippen LogP contribution in [-0.2, 0) is 77.9 Å². The van der Waals surface area contributed by atoms with E-state index in [1.54, 1.807) is 142 Å². The Balaban J connectivity index is 0.000000128.